The maximum absolute atomic E-state index is 9.03. The molecule has 2 aromatic rings. The average Bonchev–Trinajstić information content (AvgIpc) is 2.48. The summed E-state index contributed by atoms with van der Waals surface area (Å²) < 4.78 is 1.04. The van der Waals surface area contributed by atoms with Gasteiger partial charge in [0, 0.05) is 29.3 Å². The summed E-state index contributed by atoms with van der Waals surface area (Å²) in [5.74, 6) is 0.732. The van der Waals surface area contributed by atoms with Crippen molar-refractivity contribution in [3.63, 3.8) is 0 Å². The van der Waals surface area contributed by atoms with Crippen molar-refractivity contribution < 1.29 is 5.11 Å². The SMILES string of the molecule is CCN(CCO)Cc1ccnc(-c2ccc(Br)cc2)n1. The van der Waals surface area contributed by atoms with Gasteiger partial charge in [0.2, 0.25) is 0 Å². The molecule has 0 aliphatic rings. The zero-order valence-corrected chi connectivity index (χ0v) is 13.0. The molecule has 0 spiro atoms. The van der Waals surface area contributed by atoms with E-state index in [4.69, 9.17) is 5.11 Å². The van der Waals surface area contributed by atoms with Crippen molar-refractivity contribution in [1.82, 2.24) is 14.9 Å². The summed E-state index contributed by atoms with van der Waals surface area (Å²) >= 11 is 3.42. The normalized spacial score (nSPS) is 11.0. The Bertz CT molecular complexity index is 545. The van der Waals surface area contributed by atoms with Crippen LogP contribution in [0.1, 0.15) is 12.6 Å². The topological polar surface area (TPSA) is 49.2 Å². The predicted molar refractivity (Wildman–Crippen MR) is 83.2 cm³/mol. The van der Waals surface area contributed by atoms with Gasteiger partial charge in [0.25, 0.3) is 0 Å². The highest BCUT2D eigenvalue weighted by atomic mass is 79.9. The van der Waals surface area contributed by atoms with E-state index < -0.39 is 0 Å². The number of aromatic nitrogens is 2. The summed E-state index contributed by atoms with van der Waals surface area (Å²) in [6.07, 6.45) is 1.78. The zero-order valence-electron chi connectivity index (χ0n) is 11.5. The van der Waals surface area contributed by atoms with Crippen LogP contribution in [0.25, 0.3) is 11.4 Å². The van der Waals surface area contributed by atoms with E-state index in [2.05, 4.69) is 37.7 Å². The third kappa shape index (κ3) is 4.10. The average molecular weight is 336 g/mol. The quantitative estimate of drug-likeness (QED) is 0.881. The third-order valence-corrected chi connectivity index (χ3v) is 3.59. The van der Waals surface area contributed by atoms with Gasteiger partial charge < -0.3 is 5.11 Å². The lowest BCUT2D eigenvalue weighted by atomic mass is 10.2. The van der Waals surface area contributed by atoms with E-state index in [0.29, 0.717) is 6.54 Å². The van der Waals surface area contributed by atoms with Gasteiger partial charge in [-0.25, -0.2) is 9.97 Å². The van der Waals surface area contributed by atoms with Gasteiger partial charge in [-0.2, -0.15) is 0 Å². The lowest BCUT2D eigenvalue weighted by Crippen LogP contribution is -2.26. The molecular weight excluding hydrogens is 318 g/mol. The van der Waals surface area contributed by atoms with E-state index >= 15 is 0 Å². The highest BCUT2D eigenvalue weighted by molar-refractivity contribution is 9.10. The minimum atomic E-state index is 0.165. The summed E-state index contributed by atoms with van der Waals surface area (Å²) in [6.45, 7) is 4.51. The molecule has 0 saturated heterocycles. The van der Waals surface area contributed by atoms with Gasteiger partial charge in [0.1, 0.15) is 0 Å². The minimum absolute atomic E-state index is 0.165. The number of aliphatic hydroxyl groups is 1. The minimum Gasteiger partial charge on any atom is -0.395 e. The largest absolute Gasteiger partial charge is 0.395 e. The van der Waals surface area contributed by atoms with Crippen molar-refractivity contribution >= 4 is 15.9 Å². The van der Waals surface area contributed by atoms with Crippen LogP contribution < -0.4 is 0 Å². The lowest BCUT2D eigenvalue weighted by Gasteiger charge is -2.18. The molecule has 0 bridgehead atoms. The van der Waals surface area contributed by atoms with Crippen molar-refractivity contribution in [2.45, 2.75) is 13.5 Å². The molecule has 0 radical (unpaired) electrons. The first-order valence-corrected chi connectivity index (χ1v) is 7.43. The van der Waals surface area contributed by atoms with Crippen molar-refractivity contribution in [1.29, 1.82) is 0 Å². The highest BCUT2D eigenvalue weighted by Crippen LogP contribution is 2.18. The summed E-state index contributed by atoms with van der Waals surface area (Å²) in [5.41, 5.74) is 1.97. The fraction of sp³-hybridized carbons (Fsp3) is 0.333. The predicted octanol–water partition coefficient (Wildman–Crippen LogP) is 2.72. The Labute approximate surface area is 127 Å². The smallest absolute Gasteiger partial charge is 0.159 e. The van der Waals surface area contributed by atoms with Gasteiger partial charge in [-0.3, -0.25) is 4.90 Å². The Balaban J connectivity index is 2.17. The second kappa shape index (κ2) is 7.47. The molecule has 0 aliphatic carbocycles. The first-order valence-electron chi connectivity index (χ1n) is 6.64. The fourth-order valence-corrected chi connectivity index (χ4v) is 2.21. The summed E-state index contributed by atoms with van der Waals surface area (Å²) in [4.78, 5) is 11.1. The van der Waals surface area contributed by atoms with Gasteiger partial charge in [0.15, 0.2) is 5.82 Å². The number of aliphatic hydroxyl groups excluding tert-OH is 1. The number of hydrogen-bond acceptors (Lipinski definition) is 4. The summed E-state index contributed by atoms with van der Waals surface area (Å²) in [7, 11) is 0. The molecule has 0 atom stereocenters. The highest BCUT2D eigenvalue weighted by Gasteiger charge is 2.06. The Morgan fingerprint density at radius 1 is 1.20 bits per heavy atom. The second-order valence-corrected chi connectivity index (χ2v) is 5.39. The maximum Gasteiger partial charge on any atom is 0.159 e. The van der Waals surface area contributed by atoms with Crippen LogP contribution >= 0.6 is 15.9 Å². The second-order valence-electron chi connectivity index (χ2n) is 4.47. The van der Waals surface area contributed by atoms with E-state index in [1.165, 1.54) is 0 Å². The molecule has 1 N–H and O–H groups in total. The monoisotopic (exact) mass is 335 g/mol. The van der Waals surface area contributed by atoms with E-state index in [0.717, 1.165) is 34.6 Å². The van der Waals surface area contributed by atoms with Crippen molar-refractivity contribution in [2.75, 3.05) is 19.7 Å². The van der Waals surface area contributed by atoms with Crippen LogP contribution in [0.3, 0.4) is 0 Å². The van der Waals surface area contributed by atoms with Gasteiger partial charge in [-0.05, 0) is 24.7 Å². The first-order chi connectivity index (χ1) is 9.72. The van der Waals surface area contributed by atoms with Gasteiger partial charge >= 0.3 is 0 Å². The van der Waals surface area contributed by atoms with E-state index in [1.807, 2.05) is 30.3 Å². The van der Waals surface area contributed by atoms with Crippen LogP contribution in [-0.4, -0.2) is 39.7 Å². The Kier molecular flexibility index (Phi) is 5.64. The molecule has 106 valence electrons. The third-order valence-electron chi connectivity index (χ3n) is 3.06. The van der Waals surface area contributed by atoms with E-state index in [1.54, 1.807) is 6.20 Å². The van der Waals surface area contributed by atoms with Crippen LogP contribution in [-0.2, 0) is 6.54 Å². The number of rotatable bonds is 6. The molecule has 1 aromatic heterocycles. The number of likely N-dealkylation sites (N-methyl/N-ethyl adjacent to an activating group) is 1. The standard InChI is InChI=1S/C15H18BrN3O/c1-2-19(9-10-20)11-14-7-8-17-15(18-14)12-3-5-13(16)6-4-12/h3-8,20H,2,9-11H2,1H3. The Hall–Kier alpha value is -1.30. The fourth-order valence-electron chi connectivity index (χ4n) is 1.94. The number of benzene rings is 1. The molecule has 4 nitrogen and oxygen atoms in total. The molecular formula is C15H18BrN3O. The Morgan fingerprint density at radius 3 is 2.60 bits per heavy atom. The molecule has 2 rings (SSSR count). The summed E-state index contributed by atoms with van der Waals surface area (Å²) in [6, 6.07) is 9.87. The lowest BCUT2D eigenvalue weighted by molar-refractivity contribution is 0.195. The molecule has 1 aromatic carbocycles. The molecule has 1 heterocycles. The van der Waals surface area contributed by atoms with Crippen molar-refractivity contribution in [3.05, 3.63) is 46.7 Å². The van der Waals surface area contributed by atoms with Crippen molar-refractivity contribution in [3.8, 4) is 11.4 Å². The van der Waals surface area contributed by atoms with Gasteiger partial charge in [-0.1, -0.05) is 35.0 Å². The van der Waals surface area contributed by atoms with Crippen molar-refractivity contribution in [2.24, 2.45) is 0 Å². The van der Waals surface area contributed by atoms with Crippen LogP contribution in [0, 0.1) is 0 Å². The van der Waals surface area contributed by atoms with E-state index in [-0.39, 0.29) is 6.61 Å². The molecule has 0 amide bonds. The molecule has 5 heteroatoms. The van der Waals surface area contributed by atoms with Crippen LogP contribution in [0.15, 0.2) is 41.0 Å². The number of halogens is 1. The molecule has 20 heavy (non-hydrogen) atoms. The van der Waals surface area contributed by atoms with Gasteiger partial charge in [0.05, 0.1) is 12.3 Å². The molecule has 0 aliphatic heterocycles. The first kappa shape index (κ1) is 15.1. The van der Waals surface area contributed by atoms with Crippen LogP contribution in [0.5, 0.6) is 0 Å². The number of nitrogens with zero attached hydrogens (tertiary/aromatic N) is 3. The Morgan fingerprint density at radius 2 is 1.95 bits per heavy atom. The van der Waals surface area contributed by atoms with Crippen LogP contribution in [0.4, 0.5) is 0 Å². The van der Waals surface area contributed by atoms with Crippen LogP contribution in [0.2, 0.25) is 0 Å². The molecule has 0 fully saturated rings. The zero-order chi connectivity index (χ0) is 14.4. The number of hydrogen-bond donors (Lipinski definition) is 1. The molecule has 0 saturated carbocycles. The maximum atomic E-state index is 9.03. The van der Waals surface area contributed by atoms with E-state index in [9.17, 15) is 0 Å². The molecule has 0 unspecified atom stereocenters. The van der Waals surface area contributed by atoms with Gasteiger partial charge in [-0.15, -0.1) is 0 Å². The summed E-state index contributed by atoms with van der Waals surface area (Å²) in [5, 5.41) is 9.03.